The first kappa shape index (κ1) is 15.0. The molecule has 2 N–H and O–H groups in total. The molecule has 0 saturated carbocycles. The normalized spacial score (nSPS) is 11.2. The highest BCUT2D eigenvalue weighted by Gasteiger charge is 2.17. The van der Waals surface area contributed by atoms with E-state index in [-0.39, 0.29) is 11.7 Å². The van der Waals surface area contributed by atoms with Crippen LogP contribution in [0.3, 0.4) is 0 Å². The second kappa shape index (κ2) is 5.56. The van der Waals surface area contributed by atoms with Crippen molar-refractivity contribution in [2.24, 2.45) is 0 Å². The summed E-state index contributed by atoms with van der Waals surface area (Å²) in [4.78, 5) is 11.9. The van der Waals surface area contributed by atoms with Crippen LogP contribution in [0.2, 0.25) is 0 Å². The predicted molar refractivity (Wildman–Crippen MR) is 81.4 cm³/mol. The lowest BCUT2D eigenvalue weighted by atomic mass is 10.0. The minimum atomic E-state index is -0.539. The lowest BCUT2D eigenvalue weighted by Crippen LogP contribution is -2.23. The maximum atomic E-state index is 13.5. The molecule has 110 valence electrons. The number of hydrogen-bond donors (Lipinski definition) is 1. The van der Waals surface area contributed by atoms with Gasteiger partial charge in [0.2, 0.25) is 0 Å². The van der Waals surface area contributed by atoms with E-state index >= 15 is 0 Å². The Morgan fingerprint density at radius 3 is 2.29 bits per heavy atom. The Labute approximate surface area is 123 Å². The quantitative estimate of drug-likeness (QED) is 0.670. The van der Waals surface area contributed by atoms with E-state index in [4.69, 9.17) is 10.5 Å². The lowest BCUT2D eigenvalue weighted by Gasteiger charge is -2.19. The number of nitrogens with two attached hydrogens (primary N) is 1. The summed E-state index contributed by atoms with van der Waals surface area (Å²) in [6, 6.07) is 11.4. The van der Waals surface area contributed by atoms with Crippen LogP contribution in [0.25, 0.3) is 11.1 Å². The van der Waals surface area contributed by atoms with Gasteiger partial charge in [-0.25, -0.2) is 9.18 Å². The van der Waals surface area contributed by atoms with Crippen molar-refractivity contribution in [3.05, 3.63) is 53.8 Å². The number of nitrogen functional groups attached to an aromatic ring is 1. The average Bonchev–Trinajstić information content (AvgIpc) is 2.40. The Morgan fingerprint density at radius 1 is 1.10 bits per heavy atom. The van der Waals surface area contributed by atoms with E-state index in [0.29, 0.717) is 11.1 Å². The summed E-state index contributed by atoms with van der Waals surface area (Å²) in [5, 5.41) is 0. The fourth-order valence-electron chi connectivity index (χ4n) is 1.91. The molecule has 0 heterocycles. The molecule has 2 aromatic carbocycles. The number of hydrogen-bond acceptors (Lipinski definition) is 3. The average molecular weight is 287 g/mol. The number of benzene rings is 2. The van der Waals surface area contributed by atoms with E-state index in [1.807, 2.05) is 20.8 Å². The zero-order chi connectivity index (χ0) is 15.6. The van der Waals surface area contributed by atoms with Gasteiger partial charge in [-0.05, 0) is 44.5 Å². The zero-order valence-corrected chi connectivity index (χ0v) is 12.3. The van der Waals surface area contributed by atoms with Gasteiger partial charge in [0, 0.05) is 5.56 Å². The third-order valence-corrected chi connectivity index (χ3v) is 2.88. The molecule has 2 aromatic rings. The maximum Gasteiger partial charge on any atom is 0.338 e. The largest absolute Gasteiger partial charge is 0.456 e. The van der Waals surface area contributed by atoms with Gasteiger partial charge in [0.1, 0.15) is 11.4 Å². The summed E-state index contributed by atoms with van der Waals surface area (Å²) in [5.74, 6) is -0.843. The van der Waals surface area contributed by atoms with E-state index in [9.17, 15) is 9.18 Å². The van der Waals surface area contributed by atoms with Gasteiger partial charge in [-0.2, -0.15) is 0 Å². The molecule has 0 spiro atoms. The number of carbonyl (C=O) groups is 1. The molecule has 3 nitrogen and oxygen atoms in total. The Hall–Kier alpha value is -2.36. The molecule has 0 unspecified atom stereocenters. The smallest absolute Gasteiger partial charge is 0.338 e. The molecule has 0 amide bonds. The van der Waals surface area contributed by atoms with Crippen LogP contribution in [0.4, 0.5) is 10.1 Å². The first-order valence-electron chi connectivity index (χ1n) is 6.66. The van der Waals surface area contributed by atoms with Crippen molar-refractivity contribution in [2.45, 2.75) is 26.4 Å². The van der Waals surface area contributed by atoms with E-state index in [1.54, 1.807) is 36.4 Å². The van der Waals surface area contributed by atoms with E-state index in [0.717, 1.165) is 5.56 Å². The van der Waals surface area contributed by atoms with Crippen LogP contribution in [-0.2, 0) is 4.74 Å². The Balaban J connectivity index is 2.27. The van der Waals surface area contributed by atoms with Crippen LogP contribution < -0.4 is 5.73 Å². The van der Waals surface area contributed by atoms with Crippen molar-refractivity contribution in [2.75, 3.05) is 5.73 Å². The molecule has 21 heavy (non-hydrogen) atoms. The number of anilines is 1. The molecule has 0 aliphatic carbocycles. The fraction of sp³-hybridized carbons (Fsp3) is 0.235. The summed E-state index contributed by atoms with van der Waals surface area (Å²) in [6.45, 7) is 5.44. The van der Waals surface area contributed by atoms with Crippen LogP contribution in [0.5, 0.6) is 0 Å². The second-order valence-corrected chi connectivity index (χ2v) is 5.78. The van der Waals surface area contributed by atoms with Crippen LogP contribution in [0.1, 0.15) is 31.1 Å². The summed E-state index contributed by atoms with van der Waals surface area (Å²) in [5.41, 5.74) is 7.09. The summed E-state index contributed by atoms with van der Waals surface area (Å²) in [6.07, 6.45) is 0. The van der Waals surface area contributed by atoms with Crippen molar-refractivity contribution in [3.63, 3.8) is 0 Å². The Morgan fingerprint density at radius 2 is 1.71 bits per heavy atom. The third-order valence-electron chi connectivity index (χ3n) is 2.88. The van der Waals surface area contributed by atoms with Crippen LogP contribution >= 0.6 is 0 Å². The third kappa shape index (κ3) is 3.60. The van der Waals surface area contributed by atoms with E-state index in [1.165, 1.54) is 6.07 Å². The maximum absolute atomic E-state index is 13.5. The van der Waals surface area contributed by atoms with E-state index < -0.39 is 11.4 Å². The molecule has 0 saturated heterocycles. The number of esters is 1. The molecule has 0 atom stereocenters. The SMILES string of the molecule is CC(C)(C)OC(=O)c1ccc(-c2cccc(F)c2N)cc1. The Kier molecular flexibility index (Phi) is 3.98. The van der Waals surface area contributed by atoms with Gasteiger partial charge in [0.05, 0.1) is 11.3 Å². The first-order valence-corrected chi connectivity index (χ1v) is 6.66. The topological polar surface area (TPSA) is 52.3 Å². The minimum Gasteiger partial charge on any atom is -0.456 e. The monoisotopic (exact) mass is 287 g/mol. The second-order valence-electron chi connectivity index (χ2n) is 5.78. The number of para-hydroxylation sites is 1. The van der Waals surface area contributed by atoms with Crippen molar-refractivity contribution < 1.29 is 13.9 Å². The van der Waals surface area contributed by atoms with Crippen molar-refractivity contribution >= 4 is 11.7 Å². The number of carbonyl (C=O) groups excluding carboxylic acids is 1. The highest BCUT2D eigenvalue weighted by molar-refractivity contribution is 5.90. The van der Waals surface area contributed by atoms with Gasteiger partial charge in [-0.1, -0.05) is 24.3 Å². The molecular formula is C17H18FNO2. The standard InChI is InChI=1S/C17H18FNO2/c1-17(2,3)21-16(20)12-9-7-11(8-10-12)13-5-4-6-14(18)15(13)19/h4-10H,19H2,1-3H3. The van der Waals surface area contributed by atoms with Gasteiger partial charge < -0.3 is 10.5 Å². The number of halogens is 1. The number of rotatable bonds is 2. The van der Waals surface area contributed by atoms with Crippen LogP contribution in [-0.4, -0.2) is 11.6 Å². The van der Waals surface area contributed by atoms with Crippen LogP contribution in [0.15, 0.2) is 42.5 Å². The molecule has 0 radical (unpaired) electrons. The minimum absolute atomic E-state index is 0.0996. The number of ether oxygens (including phenoxy) is 1. The predicted octanol–water partition coefficient (Wildman–Crippen LogP) is 4.03. The summed E-state index contributed by atoms with van der Waals surface area (Å²) in [7, 11) is 0. The van der Waals surface area contributed by atoms with Gasteiger partial charge in [-0.15, -0.1) is 0 Å². The molecule has 0 aliphatic rings. The highest BCUT2D eigenvalue weighted by Crippen LogP contribution is 2.28. The summed E-state index contributed by atoms with van der Waals surface area (Å²) < 4.78 is 18.7. The van der Waals surface area contributed by atoms with Crippen molar-refractivity contribution in [1.82, 2.24) is 0 Å². The van der Waals surface area contributed by atoms with Crippen molar-refractivity contribution in [3.8, 4) is 11.1 Å². The van der Waals surface area contributed by atoms with Gasteiger partial charge in [0.25, 0.3) is 0 Å². The molecule has 4 heteroatoms. The first-order chi connectivity index (χ1) is 9.78. The van der Waals surface area contributed by atoms with Crippen molar-refractivity contribution in [1.29, 1.82) is 0 Å². The Bertz CT molecular complexity index is 657. The fourth-order valence-corrected chi connectivity index (χ4v) is 1.91. The molecule has 0 aliphatic heterocycles. The molecule has 0 bridgehead atoms. The van der Waals surface area contributed by atoms with Gasteiger partial charge in [0.15, 0.2) is 0 Å². The molecule has 0 aromatic heterocycles. The molecule has 0 fully saturated rings. The lowest BCUT2D eigenvalue weighted by molar-refractivity contribution is 0.00696. The highest BCUT2D eigenvalue weighted by atomic mass is 19.1. The van der Waals surface area contributed by atoms with Gasteiger partial charge >= 0.3 is 5.97 Å². The van der Waals surface area contributed by atoms with E-state index in [2.05, 4.69) is 0 Å². The molecule has 2 rings (SSSR count). The van der Waals surface area contributed by atoms with Gasteiger partial charge in [-0.3, -0.25) is 0 Å². The zero-order valence-electron chi connectivity index (χ0n) is 12.3. The molecular weight excluding hydrogens is 269 g/mol. The van der Waals surface area contributed by atoms with Crippen LogP contribution in [0, 0.1) is 5.82 Å². The summed E-state index contributed by atoms with van der Waals surface area (Å²) >= 11 is 0.